The Kier molecular flexibility index (Phi) is 3.02. The van der Waals surface area contributed by atoms with Gasteiger partial charge in [0.05, 0.1) is 0 Å². The van der Waals surface area contributed by atoms with E-state index in [0.29, 0.717) is 6.04 Å². The van der Waals surface area contributed by atoms with E-state index in [-0.39, 0.29) is 5.54 Å². The van der Waals surface area contributed by atoms with Crippen molar-refractivity contribution >= 4 is 0 Å². The Labute approximate surface area is 97.2 Å². The quantitative estimate of drug-likeness (QED) is 0.850. The molecule has 0 aromatic carbocycles. The average Bonchev–Trinajstić information content (AvgIpc) is 2.74. The maximum Gasteiger partial charge on any atom is 0.138 e. The summed E-state index contributed by atoms with van der Waals surface area (Å²) in [5.74, 6) is 1.78. The Balaban J connectivity index is 2.11. The summed E-state index contributed by atoms with van der Waals surface area (Å²) in [6.07, 6.45) is 5.95. The van der Waals surface area contributed by atoms with Gasteiger partial charge < -0.3 is 5.73 Å². The monoisotopic (exact) mass is 222 g/mol. The largest absolute Gasteiger partial charge is 0.325 e. The van der Waals surface area contributed by atoms with E-state index < -0.39 is 0 Å². The van der Waals surface area contributed by atoms with Crippen molar-refractivity contribution in [3.63, 3.8) is 0 Å². The SMILES string of the molecule is CC1CCC(N)(Cc2ncnn2C(C)C)C1. The zero-order chi connectivity index (χ0) is 11.8. The van der Waals surface area contributed by atoms with E-state index in [2.05, 4.69) is 30.9 Å². The first-order valence-electron chi connectivity index (χ1n) is 6.17. The topological polar surface area (TPSA) is 56.7 Å². The molecule has 1 aliphatic carbocycles. The molecular weight excluding hydrogens is 200 g/mol. The molecule has 1 aliphatic rings. The number of hydrogen-bond donors (Lipinski definition) is 1. The second-order valence-electron chi connectivity index (χ2n) is 5.60. The molecule has 0 saturated heterocycles. The second kappa shape index (κ2) is 4.17. The molecule has 90 valence electrons. The van der Waals surface area contributed by atoms with Crippen molar-refractivity contribution in [3.05, 3.63) is 12.2 Å². The zero-order valence-corrected chi connectivity index (χ0v) is 10.5. The third kappa shape index (κ3) is 2.26. The summed E-state index contributed by atoms with van der Waals surface area (Å²) in [5.41, 5.74) is 6.37. The lowest BCUT2D eigenvalue weighted by Gasteiger charge is -2.24. The van der Waals surface area contributed by atoms with Gasteiger partial charge >= 0.3 is 0 Å². The van der Waals surface area contributed by atoms with Crippen LogP contribution in [0.2, 0.25) is 0 Å². The molecule has 0 spiro atoms. The second-order valence-corrected chi connectivity index (χ2v) is 5.60. The average molecular weight is 222 g/mol. The van der Waals surface area contributed by atoms with E-state index in [4.69, 9.17) is 5.73 Å². The molecular formula is C12H22N4. The van der Waals surface area contributed by atoms with E-state index in [0.717, 1.165) is 31.0 Å². The van der Waals surface area contributed by atoms with Crippen LogP contribution in [0.4, 0.5) is 0 Å². The predicted octanol–water partition coefficient (Wildman–Crippen LogP) is 1.92. The number of nitrogens with zero attached hydrogens (tertiary/aromatic N) is 3. The lowest BCUT2D eigenvalue weighted by molar-refractivity contribution is 0.389. The van der Waals surface area contributed by atoms with Crippen LogP contribution in [0.1, 0.15) is 51.9 Å². The van der Waals surface area contributed by atoms with Crippen molar-refractivity contribution in [2.75, 3.05) is 0 Å². The summed E-state index contributed by atoms with van der Waals surface area (Å²) in [7, 11) is 0. The molecule has 0 aliphatic heterocycles. The third-order valence-corrected chi connectivity index (χ3v) is 3.54. The van der Waals surface area contributed by atoms with Crippen LogP contribution in [0.25, 0.3) is 0 Å². The van der Waals surface area contributed by atoms with Crippen molar-refractivity contribution in [3.8, 4) is 0 Å². The highest BCUT2D eigenvalue weighted by molar-refractivity contribution is 5.02. The molecule has 0 bridgehead atoms. The molecule has 0 amide bonds. The normalized spacial score (nSPS) is 30.2. The van der Waals surface area contributed by atoms with Crippen LogP contribution in [-0.4, -0.2) is 20.3 Å². The van der Waals surface area contributed by atoms with E-state index in [1.165, 1.54) is 6.42 Å². The summed E-state index contributed by atoms with van der Waals surface area (Å²) in [4.78, 5) is 4.34. The highest BCUT2D eigenvalue weighted by atomic mass is 15.3. The number of aromatic nitrogens is 3. The van der Waals surface area contributed by atoms with Crippen LogP contribution in [-0.2, 0) is 6.42 Å². The fourth-order valence-corrected chi connectivity index (χ4v) is 2.74. The Morgan fingerprint density at radius 2 is 2.38 bits per heavy atom. The third-order valence-electron chi connectivity index (χ3n) is 3.54. The molecule has 1 saturated carbocycles. The van der Waals surface area contributed by atoms with Gasteiger partial charge in [-0.3, -0.25) is 0 Å². The van der Waals surface area contributed by atoms with Crippen LogP contribution in [0.15, 0.2) is 6.33 Å². The molecule has 2 rings (SSSR count). The van der Waals surface area contributed by atoms with Crippen molar-refractivity contribution in [1.82, 2.24) is 14.8 Å². The smallest absolute Gasteiger partial charge is 0.138 e. The van der Waals surface area contributed by atoms with Gasteiger partial charge in [0.15, 0.2) is 0 Å². The predicted molar refractivity (Wildman–Crippen MR) is 64.0 cm³/mol. The van der Waals surface area contributed by atoms with Gasteiger partial charge in [-0.25, -0.2) is 9.67 Å². The minimum atomic E-state index is -0.0565. The van der Waals surface area contributed by atoms with E-state index in [1.54, 1.807) is 6.33 Å². The fraction of sp³-hybridized carbons (Fsp3) is 0.833. The lowest BCUT2D eigenvalue weighted by Crippen LogP contribution is -2.40. The highest BCUT2D eigenvalue weighted by Gasteiger charge is 2.35. The summed E-state index contributed by atoms with van der Waals surface area (Å²) in [6.45, 7) is 6.53. The molecule has 2 N–H and O–H groups in total. The Morgan fingerprint density at radius 1 is 1.62 bits per heavy atom. The Bertz CT molecular complexity index is 358. The van der Waals surface area contributed by atoms with Gasteiger partial charge in [-0.05, 0) is 39.0 Å². The Hall–Kier alpha value is -0.900. The molecule has 1 heterocycles. The molecule has 4 nitrogen and oxygen atoms in total. The van der Waals surface area contributed by atoms with E-state index in [1.807, 2.05) is 4.68 Å². The van der Waals surface area contributed by atoms with Crippen LogP contribution in [0.5, 0.6) is 0 Å². The van der Waals surface area contributed by atoms with Gasteiger partial charge in [-0.1, -0.05) is 6.92 Å². The van der Waals surface area contributed by atoms with Gasteiger partial charge in [-0.15, -0.1) is 0 Å². The number of hydrogen-bond acceptors (Lipinski definition) is 3. The van der Waals surface area contributed by atoms with Gasteiger partial charge in [0.2, 0.25) is 0 Å². The summed E-state index contributed by atoms with van der Waals surface area (Å²) >= 11 is 0. The van der Waals surface area contributed by atoms with Crippen LogP contribution < -0.4 is 5.73 Å². The molecule has 16 heavy (non-hydrogen) atoms. The number of rotatable bonds is 3. The van der Waals surface area contributed by atoms with Crippen LogP contribution in [0, 0.1) is 5.92 Å². The van der Waals surface area contributed by atoms with Gasteiger partial charge in [0.1, 0.15) is 12.2 Å². The number of nitrogens with two attached hydrogens (primary N) is 1. The van der Waals surface area contributed by atoms with E-state index >= 15 is 0 Å². The van der Waals surface area contributed by atoms with Crippen molar-refractivity contribution in [1.29, 1.82) is 0 Å². The lowest BCUT2D eigenvalue weighted by atomic mass is 9.93. The summed E-state index contributed by atoms with van der Waals surface area (Å²) in [6, 6.07) is 0.361. The van der Waals surface area contributed by atoms with Gasteiger partial charge in [0.25, 0.3) is 0 Å². The van der Waals surface area contributed by atoms with E-state index in [9.17, 15) is 0 Å². The summed E-state index contributed by atoms with van der Waals surface area (Å²) < 4.78 is 1.98. The molecule has 2 atom stereocenters. The molecule has 0 radical (unpaired) electrons. The molecule has 1 aromatic rings. The first kappa shape index (κ1) is 11.6. The van der Waals surface area contributed by atoms with Crippen LogP contribution >= 0.6 is 0 Å². The molecule has 1 fully saturated rings. The first-order valence-corrected chi connectivity index (χ1v) is 6.17. The highest BCUT2D eigenvalue weighted by Crippen LogP contribution is 2.34. The van der Waals surface area contributed by atoms with Crippen LogP contribution in [0.3, 0.4) is 0 Å². The molecule has 1 aromatic heterocycles. The standard InChI is InChI=1S/C12H22N4/c1-9(2)16-11(14-8-15-16)7-12(13)5-4-10(3)6-12/h8-10H,4-7,13H2,1-3H3. The van der Waals surface area contributed by atoms with Crippen molar-refractivity contribution < 1.29 is 0 Å². The maximum absolute atomic E-state index is 6.43. The molecule has 2 unspecified atom stereocenters. The van der Waals surface area contributed by atoms with Crippen molar-refractivity contribution in [2.45, 2.75) is 58.0 Å². The van der Waals surface area contributed by atoms with Gasteiger partial charge in [-0.2, -0.15) is 5.10 Å². The van der Waals surface area contributed by atoms with Crippen molar-refractivity contribution in [2.24, 2.45) is 11.7 Å². The molecule has 4 heteroatoms. The fourth-order valence-electron chi connectivity index (χ4n) is 2.74. The van der Waals surface area contributed by atoms with Gasteiger partial charge in [0, 0.05) is 18.0 Å². The summed E-state index contributed by atoms with van der Waals surface area (Å²) in [5, 5.41) is 4.26. The maximum atomic E-state index is 6.43. The Morgan fingerprint density at radius 3 is 2.94 bits per heavy atom. The zero-order valence-electron chi connectivity index (χ0n) is 10.5. The first-order chi connectivity index (χ1) is 7.50. The minimum Gasteiger partial charge on any atom is -0.325 e. The minimum absolute atomic E-state index is 0.0565.